The van der Waals surface area contributed by atoms with Crippen LogP contribution in [0.2, 0.25) is 0 Å². The normalized spacial score (nSPS) is 19.1. The molecule has 0 radical (unpaired) electrons. The van der Waals surface area contributed by atoms with Gasteiger partial charge in [0.2, 0.25) is 0 Å². The van der Waals surface area contributed by atoms with Gasteiger partial charge in [-0.1, -0.05) is 0 Å². The quantitative estimate of drug-likeness (QED) is 0.468. The maximum absolute atomic E-state index is 6.77. The maximum atomic E-state index is 6.77. The molecule has 0 fully saturated rings. The molecule has 0 bridgehead atoms. The predicted octanol–water partition coefficient (Wildman–Crippen LogP) is 0.412. The van der Waals surface area contributed by atoms with E-state index in [1.165, 1.54) is 0 Å². The minimum atomic E-state index is 0.0336. The van der Waals surface area contributed by atoms with E-state index in [0.29, 0.717) is 6.61 Å². The van der Waals surface area contributed by atoms with Crippen LogP contribution in [0.25, 0.3) is 0 Å². The molecule has 1 aliphatic heterocycles. The molecule has 1 heterocycles. The summed E-state index contributed by atoms with van der Waals surface area (Å²) >= 11 is 0. The molecular weight excluding hydrogens is 92.1 g/mol. The van der Waals surface area contributed by atoms with Crippen molar-refractivity contribution in [1.29, 1.82) is 5.41 Å². The predicted molar refractivity (Wildman–Crippen MR) is 26.8 cm³/mol. The standard InChI is InChI=1S/C4H6N2O/c5-4-6-2-1-3-7-4/h2,5H,1,3H2. The molecule has 0 aromatic carbocycles. The Morgan fingerprint density at radius 2 is 2.71 bits per heavy atom. The van der Waals surface area contributed by atoms with Crippen LogP contribution in [0, 0.1) is 5.41 Å². The number of nitrogens with one attached hydrogen (secondary N) is 1. The van der Waals surface area contributed by atoms with Gasteiger partial charge in [0.05, 0.1) is 6.61 Å². The lowest BCUT2D eigenvalue weighted by molar-refractivity contribution is 0.303. The molecule has 1 N–H and O–H groups in total. The summed E-state index contributed by atoms with van der Waals surface area (Å²) in [5.41, 5.74) is 0. The highest BCUT2D eigenvalue weighted by Gasteiger charge is 1.95. The van der Waals surface area contributed by atoms with Crippen LogP contribution < -0.4 is 0 Å². The molecule has 0 amide bonds. The Bertz CT molecular complexity index is 108. The third-order valence-corrected chi connectivity index (χ3v) is 0.694. The summed E-state index contributed by atoms with van der Waals surface area (Å²) < 4.78 is 4.66. The second-order valence-corrected chi connectivity index (χ2v) is 1.25. The van der Waals surface area contributed by atoms with Crippen molar-refractivity contribution in [3.05, 3.63) is 0 Å². The fraction of sp³-hybridized carbons (Fsp3) is 0.500. The molecule has 0 atom stereocenters. The average Bonchev–Trinajstić information content (AvgIpc) is 1.69. The van der Waals surface area contributed by atoms with E-state index in [9.17, 15) is 0 Å². The van der Waals surface area contributed by atoms with E-state index in [4.69, 9.17) is 5.41 Å². The molecule has 3 heteroatoms. The summed E-state index contributed by atoms with van der Waals surface area (Å²) in [5, 5.41) is 6.77. The van der Waals surface area contributed by atoms with Crippen LogP contribution in [-0.2, 0) is 4.74 Å². The molecule has 1 aliphatic rings. The second kappa shape index (κ2) is 1.73. The maximum Gasteiger partial charge on any atom is 0.308 e. The first kappa shape index (κ1) is 4.30. The fourth-order valence-corrected chi connectivity index (χ4v) is 0.393. The lowest BCUT2D eigenvalue weighted by atomic mass is 10.5. The van der Waals surface area contributed by atoms with Crippen LogP contribution in [0.4, 0.5) is 0 Å². The molecule has 0 aromatic rings. The molecular formula is C4H6N2O. The first-order valence-corrected chi connectivity index (χ1v) is 2.13. The number of nitrogens with zero attached hydrogens (tertiary/aromatic N) is 1. The zero-order chi connectivity index (χ0) is 5.11. The molecule has 7 heavy (non-hydrogen) atoms. The molecule has 1 rings (SSSR count). The Morgan fingerprint density at radius 1 is 1.86 bits per heavy atom. The van der Waals surface area contributed by atoms with Gasteiger partial charge < -0.3 is 4.74 Å². The van der Waals surface area contributed by atoms with E-state index in [1.807, 2.05) is 0 Å². The highest BCUT2D eigenvalue weighted by molar-refractivity contribution is 5.82. The minimum Gasteiger partial charge on any atom is -0.463 e. The van der Waals surface area contributed by atoms with Gasteiger partial charge >= 0.3 is 6.02 Å². The second-order valence-electron chi connectivity index (χ2n) is 1.25. The third-order valence-electron chi connectivity index (χ3n) is 0.694. The first-order chi connectivity index (χ1) is 3.39. The van der Waals surface area contributed by atoms with E-state index in [1.54, 1.807) is 6.21 Å². The number of aliphatic imine (C=N–C) groups is 1. The minimum absolute atomic E-state index is 0.0336. The molecule has 38 valence electrons. The van der Waals surface area contributed by atoms with Gasteiger partial charge in [-0.05, 0) is 0 Å². The zero-order valence-electron chi connectivity index (χ0n) is 3.85. The van der Waals surface area contributed by atoms with Crippen molar-refractivity contribution in [3.63, 3.8) is 0 Å². The van der Waals surface area contributed by atoms with E-state index in [-0.39, 0.29) is 6.02 Å². The number of hydrogen-bond donors (Lipinski definition) is 1. The van der Waals surface area contributed by atoms with Crippen molar-refractivity contribution in [2.24, 2.45) is 4.99 Å². The number of amidine groups is 1. The van der Waals surface area contributed by atoms with Gasteiger partial charge in [-0.25, -0.2) is 10.4 Å². The van der Waals surface area contributed by atoms with E-state index in [0.717, 1.165) is 6.42 Å². The summed E-state index contributed by atoms with van der Waals surface area (Å²) in [7, 11) is 0. The third kappa shape index (κ3) is 0.994. The van der Waals surface area contributed by atoms with Crippen LogP contribution in [0.5, 0.6) is 0 Å². The van der Waals surface area contributed by atoms with Gasteiger partial charge in [-0.3, -0.25) is 0 Å². The summed E-state index contributed by atoms with van der Waals surface area (Å²) in [6.07, 6.45) is 2.52. The lowest BCUT2D eigenvalue weighted by Crippen LogP contribution is -2.07. The fourth-order valence-electron chi connectivity index (χ4n) is 0.393. The SMILES string of the molecule is N=C1N=CCCO1. The Balaban J connectivity index is 2.51. The largest absolute Gasteiger partial charge is 0.463 e. The van der Waals surface area contributed by atoms with Crippen molar-refractivity contribution in [3.8, 4) is 0 Å². The van der Waals surface area contributed by atoms with E-state index in [2.05, 4.69) is 9.73 Å². The molecule has 0 aromatic heterocycles. The van der Waals surface area contributed by atoms with Crippen molar-refractivity contribution in [1.82, 2.24) is 0 Å². The Labute approximate surface area is 41.5 Å². The van der Waals surface area contributed by atoms with Gasteiger partial charge in [0.1, 0.15) is 0 Å². The Kier molecular flexibility index (Phi) is 1.06. The van der Waals surface area contributed by atoms with Crippen molar-refractivity contribution in [2.75, 3.05) is 6.61 Å². The highest BCUT2D eigenvalue weighted by Crippen LogP contribution is 1.89. The van der Waals surface area contributed by atoms with Gasteiger partial charge in [0.25, 0.3) is 0 Å². The van der Waals surface area contributed by atoms with Crippen molar-refractivity contribution < 1.29 is 4.74 Å². The molecule has 0 aliphatic carbocycles. The van der Waals surface area contributed by atoms with Gasteiger partial charge in [0, 0.05) is 12.6 Å². The first-order valence-electron chi connectivity index (χ1n) is 2.13. The summed E-state index contributed by atoms with van der Waals surface area (Å²) in [6, 6.07) is 0.0336. The topological polar surface area (TPSA) is 45.4 Å². The van der Waals surface area contributed by atoms with Crippen molar-refractivity contribution in [2.45, 2.75) is 6.42 Å². The summed E-state index contributed by atoms with van der Waals surface area (Å²) in [6.45, 7) is 0.613. The lowest BCUT2D eigenvalue weighted by Gasteiger charge is -2.03. The Morgan fingerprint density at radius 3 is 3.00 bits per heavy atom. The van der Waals surface area contributed by atoms with Crippen LogP contribution >= 0.6 is 0 Å². The molecule has 0 saturated heterocycles. The summed E-state index contributed by atoms with van der Waals surface area (Å²) in [5.74, 6) is 0. The van der Waals surface area contributed by atoms with Crippen LogP contribution in [0.1, 0.15) is 6.42 Å². The van der Waals surface area contributed by atoms with Gasteiger partial charge in [-0.15, -0.1) is 0 Å². The molecule has 3 nitrogen and oxygen atoms in total. The molecule has 0 spiro atoms. The molecule has 0 unspecified atom stereocenters. The average molecular weight is 98.1 g/mol. The van der Waals surface area contributed by atoms with Crippen molar-refractivity contribution >= 4 is 12.2 Å². The highest BCUT2D eigenvalue weighted by atomic mass is 16.5. The smallest absolute Gasteiger partial charge is 0.308 e. The number of rotatable bonds is 0. The number of ether oxygens (including phenoxy) is 1. The molecule has 0 saturated carbocycles. The van der Waals surface area contributed by atoms with E-state index >= 15 is 0 Å². The van der Waals surface area contributed by atoms with Crippen LogP contribution in [0.15, 0.2) is 4.99 Å². The van der Waals surface area contributed by atoms with Gasteiger partial charge in [0.15, 0.2) is 0 Å². The Hall–Kier alpha value is -0.860. The van der Waals surface area contributed by atoms with Gasteiger partial charge in [-0.2, -0.15) is 0 Å². The van der Waals surface area contributed by atoms with Crippen LogP contribution in [0.3, 0.4) is 0 Å². The zero-order valence-corrected chi connectivity index (χ0v) is 3.85. The summed E-state index contributed by atoms with van der Waals surface area (Å²) in [4.78, 5) is 3.57. The number of hydrogen-bond acceptors (Lipinski definition) is 2. The van der Waals surface area contributed by atoms with E-state index < -0.39 is 0 Å². The monoisotopic (exact) mass is 98.0 g/mol. The van der Waals surface area contributed by atoms with Crippen LogP contribution in [-0.4, -0.2) is 18.8 Å².